The fraction of sp³-hybridized carbons (Fsp3) is 0.400. The Morgan fingerprint density at radius 2 is 1.31 bits per heavy atom. The van der Waals surface area contributed by atoms with Gasteiger partial charge in [0.1, 0.15) is 18.0 Å². The lowest BCUT2D eigenvalue weighted by Gasteiger charge is -2.26. The van der Waals surface area contributed by atoms with Crippen molar-refractivity contribution in [3.05, 3.63) is 125 Å². The van der Waals surface area contributed by atoms with Gasteiger partial charge in [0.25, 0.3) is 10.0 Å². The van der Waals surface area contributed by atoms with E-state index < -0.39 is 67.2 Å². The summed E-state index contributed by atoms with van der Waals surface area (Å²) in [5.74, 6) is -1.83. The molecule has 380 valence electrons. The summed E-state index contributed by atoms with van der Waals surface area (Å²) in [6.07, 6.45) is 0.421. The summed E-state index contributed by atoms with van der Waals surface area (Å²) in [6, 6.07) is 28.4. The zero-order valence-corrected chi connectivity index (χ0v) is 44.2. The lowest BCUT2D eigenvalue weighted by molar-refractivity contribution is -0.157. The van der Waals surface area contributed by atoms with Gasteiger partial charge in [-0.1, -0.05) is 121 Å². The first-order valence-electron chi connectivity index (χ1n) is 24.1. The van der Waals surface area contributed by atoms with Crippen molar-refractivity contribution in [1.82, 2.24) is 9.03 Å². The number of fused-ring (bicyclic) bond motifs is 2. The minimum atomic E-state index is -6.29. The number of halogens is 2. The standard InChI is InChI=1S/C55H66F2N4O8S2/c1-13-54(11,12)53(63)68-30-29-61(14-2)52(62)55(56,57)71(66,67)60-70(64,65)48-24-16-15-19-45(48)49-43-27-25-37(58-50-39(33(3)4)20-17-21-40(50)34(5)6)31-46(43)69-47-32-38(26-28-44(47)49)59-51-41(35(7)8)22-18-23-42(51)36(9)10/h15-28,31-36,58,60H,13-14,29-30H2,1-12H3. The van der Waals surface area contributed by atoms with Crippen LogP contribution in [-0.4, -0.2) is 58.6 Å². The smallest absolute Gasteiger partial charge is 0.436 e. The van der Waals surface area contributed by atoms with Crippen LogP contribution >= 0.6 is 0 Å². The number of alkyl halides is 2. The molecular formula is C55H66F2N4O8S2. The third-order valence-corrected chi connectivity index (χ3v) is 16.4. The van der Waals surface area contributed by atoms with Crippen LogP contribution in [0.25, 0.3) is 33.4 Å². The largest absolute Gasteiger partial charge is 0.463 e. The summed E-state index contributed by atoms with van der Waals surface area (Å²) in [4.78, 5) is 30.7. The number of benzene rings is 5. The van der Waals surface area contributed by atoms with Crippen LogP contribution in [-0.2, 0) is 34.4 Å². The fourth-order valence-corrected chi connectivity index (χ4v) is 11.4. The molecule has 0 atom stereocenters. The zero-order chi connectivity index (χ0) is 52.4. The molecule has 2 aliphatic rings. The number of rotatable bonds is 19. The molecule has 0 saturated heterocycles. The summed E-state index contributed by atoms with van der Waals surface area (Å²) in [5, 5.41) is -0.664. The molecule has 0 spiro atoms. The molecule has 0 aromatic heterocycles. The summed E-state index contributed by atoms with van der Waals surface area (Å²) >= 11 is 0. The van der Waals surface area contributed by atoms with Crippen molar-refractivity contribution in [1.29, 1.82) is 0 Å². The Kier molecular flexibility index (Phi) is 16.4. The van der Waals surface area contributed by atoms with Crippen molar-refractivity contribution in [2.75, 3.05) is 25.0 Å². The Morgan fingerprint density at radius 3 is 1.87 bits per heavy atom. The quantitative estimate of drug-likeness (QED) is 0.0593. The highest BCUT2D eigenvalue weighted by molar-refractivity contribution is 8.05. The number of hydrogen-bond acceptors (Lipinski definition) is 10. The number of esters is 1. The number of likely N-dealkylation sites (N-methyl/N-ethyl adjacent to an activating group) is 1. The maximum absolute atomic E-state index is 16.0. The molecule has 2 N–H and O–H groups in total. The van der Waals surface area contributed by atoms with E-state index in [0.29, 0.717) is 50.2 Å². The molecule has 0 saturated carbocycles. The first-order chi connectivity index (χ1) is 33.3. The van der Waals surface area contributed by atoms with Crippen molar-refractivity contribution in [3.8, 4) is 22.5 Å². The number of hydrogen-bond donors (Lipinski definition) is 2. The molecule has 0 unspecified atom stereocenters. The van der Waals surface area contributed by atoms with E-state index in [1.54, 1.807) is 57.2 Å². The van der Waals surface area contributed by atoms with Crippen LogP contribution in [0.3, 0.4) is 0 Å². The van der Waals surface area contributed by atoms with Crippen molar-refractivity contribution in [2.45, 2.75) is 123 Å². The van der Waals surface area contributed by atoms with E-state index in [0.717, 1.165) is 39.7 Å². The normalized spacial score (nSPS) is 13.0. The van der Waals surface area contributed by atoms with Gasteiger partial charge >= 0.3 is 27.2 Å². The second-order valence-electron chi connectivity index (χ2n) is 19.7. The second kappa shape index (κ2) is 21.4. The molecule has 0 fully saturated rings. The number of sulfonamides is 2. The van der Waals surface area contributed by atoms with E-state index in [1.165, 1.54) is 23.2 Å². The Hall–Kier alpha value is -5.97. The summed E-state index contributed by atoms with van der Waals surface area (Å²) in [7, 11) is -11.7. The molecule has 1 heterocycles. The number of anilines is 2. The predicted molar refractivity (Wildman–Crippen MR) is 277 cm³/mol. The molecule has 0 radical (unpaired) electrons. The fourth-order valence-electron chi connectivity index (χ4n) is 8.37. The first-order valence-corrected chi connectivity index (χ1v) is 27.0. The van der Waals surface area contributed by atoms with Crippen LogP contribution in [0.5, 0.6) is 0 Å². The van der Waals surface area contributed by atoms with E-state index in [4.69, 9.17) is 14.1 Å². The van der Waals surface area contributed by atoms with Gasteiger partial charge in [-0.3, -0.25) is 9.59 Å². The molecule has 16 heteroatoms. The van der Waals surface area contributed by atoms with Crippen LogP contribution in [0, 0.1) is 5.41 Å². The number of para-hydroxylation sites is 2. The van der Waals surface area contributed by atoms with Gasteiger partial charge in [0.15, 0.2) is 0 Å². The third kappa shape index (κ3) is 11.4. The average Bonchev–Trinajstić information content (AvgIpc) is 3.31. The van der Waals surface area contributed by atoms with Crippen molar-refractivity contribution in [3.63, 3.8) is 0 Å². The first kappa shape index (κ1) is 54.4. The van der Waals surface area contributed by atoms with Gasteiger partial charge < -0.3 is 19.4 Å². The molecular weight excluding hydrogens is 947 g/mol. The molecule has 12 nitrogen and oxygen atoms in total. The van der Waals surface area contributed by atoms with Gasteiger partial charge in [0, 0.05) is 52.1 Å². The van der Waals surface area contributed by atoms with Crippen LogP contribution in [0.4, 0.5) is 25.8 Å². The maximum Gasteiger partial charge on any atom is 0.436 e. The second-order valence-corrected chi connectivity index (χ2v) is 23.3. The monoisotopic (exact) mass is 1010 g/mol. The number of carbonyl (C=O) groups is 2. The lowest BCUT2D eigenvalue weighted by Crippen LogP contribution is -2.53. The van der Waals surface area contributed by atoms with Crippen LogP contribution < -0.4 is 14.8 Å². The Balaban J connectivity index is 1.51. The number of nitrogens with zero attached hydrogens (tertiary/aromatic N) is 2. The van der Waals surface area contributed by atoms with E-state index in [9.17, 15) is 26.4 Å². The van der Waals surface area contributed by atoms with Gasteiger partial charge in [-0.05, 0) is 103 Å². The number of carbonyl (C=O) groups excluding carboxylic acids is 2. The topological polar surface area (TPSA) is 164 Å². The Labute approximate surface area is 417 Å². The lowest BCUT2D eigenvalue weighted by atomic mass is 9.91. The zero-order valence-electron chi connectivity index (χ0n) is 42.6. The molecule has 1 aliphatic heterocycles. The van der Waals surface area contributed by atoms with E-state index in [2.05, 4.69) is 85.0 Å². The molecule has 1 amide bonds. The maximum atomic E-state index is 16.0. The minimum absolute atomic E-state index is 0.0347. The third-order valence-electron chi connectivity index (χ3n) is 12.9. The molecule has 0 bridgehead atoms. The summed E-state index contributed by atoms with van der Waals surface area (Å²) in [5.41, 5.74) is 6.88. The van der Waals surface area contributed by atoms with Gasteiger partial charge in [0.2, 0.25) is 0 Å². The SMILES string of the molecule is CCN(CCOC(=O)C(C)(C)CC)C(=O)C(F)(F)S(=O)(=O)NS(=O)(=O)c1ccccc1-c1c2ccc(=Nc3c(C(C)C)cccc3C(C)C)cc-2oc2cc(Nc3c(C(C)C)cccc3C(C)C)ccc12. The summed E-state index contributed by atoms with van der Waals surface area (Å²) in [6.45, 7) is 21.8. The van der Waals surface area contributed by atoms with E-state index in [-0.39, 0.29) is 29.2 Å². The average molecular weight is 1010 g/mol. The number of ether oxygens (including phenoxy) is 1. The van der Waals surface area contributed by atoms with Crippen LogP contribution in [0.1, 0.15) is 135 Å². The molecule has 4 aromatic carbocycles. The van der Waals surface area contributed by atoms with Crippen LogP contribution in [0.15, 0.2) is 111 Å². The van der Waals surface area contributed by atoms with Gasteiger partial charge in [0.05, 0.1) is 27.9 Å². The Morgan fingerprint density at radius 1 is 0.732 bits per heavy atom. The van der Waals surface area contributed by atoms with Gasteiger partial charge in [-0.25, -0.2) is 21.8 Å². The van der Waals surface area contributed by atoms with E-state index in [1.807, 2.05) is 18.2 Å². The van der Waals surface area contributed by atoms with Crippen molar-refractivity contribution in [2.24, 2.45) is 10.4 Å². The van der Waals surface area contributed by atoms with Crippen molar-refractivity contribution < 1.29 is 44.4 Å². The number of nitrogens with one attached hydrogen (secondary N) is 2. The molecule has 1 aliphatic carbocycles. The highest BCUT2D eigenvalue weighted by atomic mass is 32.3. The van der Waals surface area contributed by atoms with E-state index >= 15 is 8.78 Å². The minimum Gasteiger partial charge on any atom is -0.463 e. The van der Waals surface area contributed by atoms with Gasteiger partial charge in [-0.2, -0.15) is 8.78 Å². The van der Waals surface area contributed by atoms with Gasteiger partial charge in [-0.15, -0.1) is 0 Å². The van der Waals surface area contributed by atoms with Crippen molar-refractivity contribution >= 4 is 60.0 Å². The molecule has 71 heavy (non-hydrogen) atoms. The highest BCUT2D eigenvalue weighted by Crippen LogP contribution is 2.44. The Bertz CT molecular complexity index is 3160. The highest BCUT2D eigenvalue weighted by Gasteiger charge is 2.56. The predicted octanol–water partition coefficient (Wildman–Crippen LogP) is 12.7. The molecule has 4 aromatic rings. The number of amides is 1. The molecule has 6 rings (SSSR count). The summed E-state index contributed by atoms with van der Waals surface area (Å²) < 4.78 is 101. The van der Waals surface area contributed by atoms with Crippen LogP contribution in [0.2, 0.25) is 0 Å².